The Bertz CT molecular complexity index is 898. The number of benzene rings is 1. The van der Waals surface area contributed by atoms with Crippen LogP contribution in [0.5, 0.6) is 5.88 Å². The number of hydrogen-bond acceptors (Lipinski definition) is 5. The Morgan fingerprint density at radius 2 is 2.18 bits per heavy atom. The number of H-pyrrole nitrogens is 1. The fourth-order valence-electron chi connectivity index (χ4n) is 2.86. The maximum atomic E-state index is 11.5. The minimum Gasteiger partial charge on any atom is -0.476 e. The van der Waals surface area contributed by atoms with Gasteiger partial charge < -0.3 is 15.0 Å². The van der Waals surface area contributed by atoms with E-state index in [1.807, 2.05) is 30.5 Å². The molecule has 112 valence electrons. The third-order valence-electron chi connectivity index (χ3n) is 3.83. The number of fused-ring (bicyclic) bond motifs is 2. The lowest BCUT2D eigenvalue weighted by Crippen LogP contribution is -2.29. The van der Waals surface area contributed by atoms with Crippen molar-refractivity contribution >= 4 is 16.7 Å². The summed E-state index contributed by atoms with van der Waals surface area (Å²) in [5.41, 5.74) is 7.24. The van der Waals surface area contributed by atoms with Crippen LogP contribution in [0.3, 0.4) is 0 Å². The summed E-state index contributed by atoms with van der Waals surface area (Å²) in [6.45, 7) is 1.06. The molecule has 7 nitrogen and oxygen atoms in total. The molecule has 0 fully saturated rings. The van der Waals surface area contributed by atoms with Gasteiger partial charge in [0.25, 0.3) is 0 Å². The molecule has 0 amide bonds. The molecule has 0 radical (unpaired) electrons. The van der Waals surface area contributed by atoms with Crippen LogP contribution in [0, 0.1) is 0 Å². The third-order valence-corrected chi connectivity index (χ3v) is 3.83. The van der Waals surface area contributed by atoms with Crippen LogP contribution in [0.4, 0.5) is 5.82 Å². The van der Waals surface area contributed by atoms with E-state index in [0.29, 0.717) is 18.7 Å². The van der Waals surface area contributed by atoms with E-state index in [1.165, 1.54) is 0 Å². The number of anilines is 1. The first-order valence-electron chi connectivity index (χ1n) is 7.05. The van der Waals surface area contributed by atoms with E-state index in [0.717, 1.165) is 10.9 Å². The summed E-state index contributed by atoms with van der Waals surface area (Å²) in [5.74, 6) is 0.557. The molecule has 1 unspecified atom stereocenters. The number of hydrogen-bond donors (Lipinski definition) is 3. The lowest BCUT2D eigenvalue weighted by molar-refractivity contribution is 0.311. The number of nitrogens with two attached hydrogens (primary N) is 1. The number of aromatic amines is 1. The molecule has 2 aromatic heterocycles. The highest BCUT2D eigenvalue weighted by atomic mass is 16.5. The predicted molar refractivity (Wildman–Crippen MR) is 82.8 cm³/mol. The van der Waals surface area contributed by atoms with Crippen molar-refractivity contribution in [1.29, 1.82) is 0 Å². The van der Waals surface area contributed by atoms with Gasteiger partial charge in [0.2, 0.25) is 5.88 Å². The van der Waals surface area contributed by atoms with Gasteiger partial charge in [-0.25, -0.2) is 4.79 Å². The fraction of sp³-hybridized carbons (Fsp3) is 0.200. The van der Waals surface area contributed by atoms with E-state index in [1.54, 1.807) is 0 Å². The van der Waals surface area contributed by atoms with Gasteiger partial charge in [-0.2, -0.15) is 4.98 Å². The molecule has 3 aromatic rings. The zero-order valence-electron chi connectivity index (χ0n) is 11.7. The first-order chi connectivity index (χ1) is 10.7. The topological polar surface area (TPSA) is 98.0 Å². The van der Waals surface area contributed by atoms with Gasteiger partial charge in [0.1, 0.15) is 18.6 Å². The molecule has 1 atom stereocenters. The number of para-hydroxylation sites is 1. The summed E-state index contributed by atoms with van der Waals surface area (Å²) in [6.07, 6.45) is 1.74. The van der Waals surface area contributed by atoms with Gasteiger partial charge in [-0.15, -0.1) is 0 Å². The van der Waals surface area contributed by atoms with Crippen LogP contribution >= 0.6 is 0 Å². The summed E-state index contributed by atoms with van der Waals surface area (Å²) in [7, 11) is 0. The lowest BCUT2D eigenvalue weighted by Gasteiger charge is -2.21. The molecule has 4 N–H and O–H groups in total. The van der Waals surface area contributed by atoms with Crippen molar-refractivity contribution in [1.82, 2.24) is 19.9 Å². The van der Waals surface area contributed by atoms with E-state index in [-0.39, 0.29) is 17.9 Å². The van der Waals surface area contributed by atoms with Crippen molar-refractivity contribution in [2.75, 3.05) is 18.9 Å². The zero-order valence-corrected chi connectivity index (χ0v) is 11.7. The molecule has 7 heteroatoms. The first-order valence-corrected chi connectivity index (χ1v) is 7.05. The van der Waals surface area contributed by atoms with E-state index in [4.69, 9.17) is 10.5 Å². The molecule has 1 aliphatic heterocycles. The SMILES string of the molecule is Nc1[nH]c(=O)nc2c1C(n1ccc3ccccc31)NCCO2. The maximum absolute atomic E-state index is 11.5. The lowest BCUT2D eigenvalue weighted by atomic mass is 10.2. The maximum Gasteiger partial charge on any atom is 0.349 e. The minimum atomic E-state index is -0.505. The minimum absolute atomic E-state index is 0.248. The predicted octanol–water partition coefficient (Wildman–Crippen LogP) is 0.836. The van der Waals surface area contributed by atoms with Crippen molar-refractivity contribution in [2.45, 2.75) is 6.17 Å². The molecule has 0 saturated carbocycles. The first kappa shape index (κ1) is 12.9. The molecule has 0 bridgehead atoms. The second kappa shape index (κ2) is 4.88. The molecule has 3 heterocycles. The largest absolute Gasteiger partial charge is 0.476 e. The highest BCUT2D eigenvalue weighted by Gasteiger charge is 2.26. The van der Waals surface area contributed by atoms with Gasteiger partial charge in [-0.1, -0.05) is 18.2 Å². The van der Waals surface area contributed by atoms with Gasteiger partial charge in [0.15, 0.2) is 0 Å². The Morgan fingerprint density at radius 3 is 3.09 bits per heavy atom. The van der Waals surface area contributed by atoms with Crippen molar-refractivity contribution in [3.05, 3.63) is 52.6 Å². The number of nitrogens with one attached hydrogen (secondary N) is 2. The van der Waals surface area contributed by atoms with Crippen LogP contribution in [-0.2, 0) is 0 Å². The monoisotopic (exact) mass is 297 g/mol. The quantitative estimate of drug-likeness (QED) is 0.618. The van der Waals surface area contributed by atoms with E-state index >= 15 is 0 Å². The number of ether oxygens (including phenoxy) is 1. The van der Waals surface area contributed by atoms with Crippen LogP contribution in [0.1, 0.15) is 11.7 Å². The normalized spacial score (nSPS) is 17.7. The molecule has 0 saturated heterocycles. The van der Waals surface area contributed by atoms with Crippen LogP contribution in [-0.4, -0.2) is 27.7 Å². The molecular weight excluding hydrogens is 282 g/mol. The number of aromatic nitrogens is 3. The van der Waals surface area contributed by atoms with Crippen molar-refractivity contribution < 1.29 is 4.74 Å². The molecular formula is C15H15N5O2. The average molecular weight is 297 g/mol. The van der Waals surface area contributed by atoms with Crippen LogP contribution in [0.2, 0.25) is 0 Å². The molecule has 1 aliphatic rings. The van der Waals surface area contributed by atoms with Gasteiger partial charge in [0, 0.05) is 18.3 Å². The summed E-state index contributed by atoms with van der Waals surface area (Å²) < 4.78 is 7.63. The second-order valence-electron chi connectivity index (χ2n) is 5.16. The Kier molecular flexibility index (Phi) is 2.87. The van der Waals surface area contributed by atoms with Crippen molar-refractivity contribution in [2.24, 2.45) is 0 Å². The molecule has 4 rings (SSSR count). The summed E-state index contributed by atoms with van der Waals surface area (Å²) in [4.78, 5) is 18.0. The van der Waals surface area contributed by atoms with Crippen LogP contribution < -0.4 is 21.5 Å². The standard InChI is InChI=1S/C15H15N5O2/c16-12-11-13(17-6-8-22-14(11)19-15(21)18-12)20-7-5-9-3-1-2-4-10(9)20/h1-5,7,13,17H,6,8H2,(H3,16,18,19,21). The van der Waals surface area contributed by atoms with Gasteiger partial charge in [-0.3, -0.25) is 10.3 Å². The molecule has 0 aliphatic carbocycles. The Labute approximate surface area is 125 Å². The van der Waals surface area contributed by atoms with E-state index < -0.39 is 5.69 Å². The van der Waals surface area contributed by atoms with Gasteiger partial charge in [0.05, 0.1) is 5.56 Å². The Hall–Kier alpha value is -2.80. The number of rotatable bonds is 1. The Balaban J connectivity index is 1.95. The summed E-state index contributed by atoms with van der Waals surface area (Å²) in [5, 5.41) is 4.52. The van der Waals surface area contributed by atoms with Gasteiger partial charge >= 0.3 is 5.69 Å². The molecule has 0 spiro atoms. The average Bonchev–Trinajstić information content (AvgIpc) is 2.81. The van der Waals surface area contributed by atoms with Crippen LogP contribution in [0.15, 0.2) is 41.3 Å². The summed E-state index contributed by atoms with van der Waals surface area (Å²) >= 11 is 0. The van der Waals surface area contributed by atoms with Crippen molar-refractivity contribution in [3.63, 3.8) is 0 Å². The molecule has 1 aromatic carbocycles. The second-order valence-corrected chi connectivity index (χ2v) is 5.16. The van der Waals surface area contributed by atoms with E-state index in [9.17, 15) is 4.79 Å². The summed E-state index contributed by atoms with van der Waals surface area (Å²) in [6, 6.07) is 10.1. The highest BCUT2D eigenvalue weighted by Crippen LogP contribution is 2.31. The smallest absolute Gasteiger partial charge is 0.349 e. The van der Waals surface area contributed by atoms with Crippen LogP contribution in [0.25, 0.3) is 10.9 Å². The molecule has 22 heavy (non-hydrogen) atoms. The highest BCUT2D eigenvalue weighted by molar-refractivity contribution is 5.80. The Morgan fingerprint density at radius 1 is 1.32 bits per heavy atom. The van der Waals surface area contributed by atoms with Gasteiger partial charge in [-0.05, 0) is 17.5 Å². The number of nitrogen functional groups attached to an aromatic ring is 1. The van der Waals surface area contributed by atoms with Crippen molar-refractivity contribution in [3.8, 4) is 5.88 Å². The number of nitrogens with zero attached hydrogens (tertiary/aromatic N) is 2. The third kappa shape index (κ3) is 1.94. The fourth-order valence-corrected chi connectivity index (χ4v) is 2.86. The van der Waals surface area contributed by atoms with E-state index in [2.05, 4.69) is 25.9 Å². The zero-order chi connectivity index (χ0) is 15.1.